The van der Waals surface area contributed by atoms with Crippen LogP contribution in [0.15, 0.2) is 26.8 Å². The van der Waals surface area contributed by atoms with E-state index in [1.807, 2.05) is 6.92 Å². The molecule has 0 aliphatic carbocycles. The van der Waals surface area contributed by atoms with Crippen LogP contribution in [0.1, 0.15) is 10.6 Å². The highest BCUT2D eigenvalue weighted by Gasteiger charge is 2.12. The van der Waals surface area contributed by atoms with E-state index in [9.17, 15) is 0 Å². The number of nitrogens with zero attached hydrogens (tertiary/aromatic N) is 5. The van der Waals surface area contributed by atoms with Gasteiger partial charge in [-0.05, 0) is 24.8 Å². The molecule has 0 aromatic carbocycles. The lowest BCUT2D eigenvalue weighted by Gasteiger charge is -2.02. The summed E-state index contributed by atoms with van der Waals surface area (Å²) in [6.45, 7) is 1.86. The van der Waals surface area contributed by atoms with Gasteiger partial charge in [0.15, 0.2) is 10.2 Å². The predicted octanol–water partition coefficient (Wildman–Crippen LogP) is 0.882. The van der Waals surface area contributed by atoms with Gasteiger partial charge >= 0.3 is 0 Å². The van der Waals surface area contributed by atoms with Gasteiger partial charge in [0.05, 0.1) is 11.8 Å². The predicted molar refractivity (Wildman–Crippen MR) is 63.3 cm³/mol. The Morgan fingerprint density at radius 1 is 1.47 bits per heavy atom. The fourth-order valence-electron chi connectivity index (χ4n) is 1.05. The summed E-state index contributed by atoms with van der Waals surface area (Å²) in [5, 5.41) is 28.5. The van der Waals surface area contributed by atoms with Gasteiger partial charge in [-0.2, -0.15) is 5.10 Å². The largest absolute Gasteiger partial charge is 0.409 e. The second kappa shape index (κ2) is 5.06. The fourth-order valence-corrected chi connectivity index (χ4v) is 2.84. The van der Waals surface area contributed by atoms with Crippen molar-refractivity contribution in [3.63, 3.8) is 0 Å². The Bertz CT molecular complexity index is 554. The van der Waals surface area contributed by atoms with Crippen molar-refractivity contribution < 1.29 is 5.21 Å². The number of aromatic nitrogens is 4. The molecule has 2 aromatic rings. The molecular weight excluding hydrogens is 260 g/mol. The van der Waals surface area contributed by atoms with Crippen molar-refractivity contribution in [3.8, 4) is 0 Å². The molecule has 0 aliphatic rings. The molecule has 0 aliphatic heterocycles. The summed E-state index contributed by atoms with van der Waals surface area (Å²) in [5.41, 5.74) is 6.05. The van der Waals surface area contributed by atoms with Crippen LogP contribution >= 0.6 is 23.1 Å². The third kappa shape index (κ3) is 2.68. The number of hydrogen-bond acceptors (Lipinski definition) is 8. The van der Waals surface area contributed by atoms with Crippen LogP contribution in [-0.2, 0) is 0 Å². The maximum Gasteiger partial charge on any atom is 0.180 e. The number of rotatable bonds is 3. The number of aryl methyl sites for hydroxylation is 1. The maximum absolute atomic E-state index is 8.66. The maximum atomic E-state index is 8.66. The van der Waals surface area contributed by atoms with E-state index in [0.29, 0.717) is 10.6 Å². The zero-order chi connectivity index (χ0) is 12.3. The first-order chi connectivity index (χ1) is 8.20. The highest BCUT2D eigenvalue weighted by molar-refractivity contribution is 8.01. The molecule has 0 radical (unpaired) electrons. The number of nitrogens with two attached hydrogens (primary N) is 1. The Hall–Kier alpha value is -1.74. The standard InChI is InChI=1S/C8H8N6OS2/c1-4-11-13-8(16-4)17-7-5(6(9)14-15)2-3-10-12-7/h2-3,15H,1H3,(H2,9,14). The van der Waals surface area contributed by atoms with Gasteiger partial charge in [-0.15, -0.1) is 15.3 Å². The normalized spacial score (nSPS) is 11.7. The van der Waals surface area contributed by atoms with E-state index in [4.69, 9.17) is 10.9 Å². The lowest BCUT2D eigenvalue weighted by Crippen LogP contribution is -2.15. The zero-order valence-electron chi connectivity index (χ0n) is 8.73. The SMILES string of the molecule is Cc1nnc(Sc2nnccc2/C(N)=N/O)s1. The molecule has 2 heterocycles. The molecule has 2 aromatic heterocycles. The van der Waals surface area contributed by atoms with Crippen LogP contribution in [0.4, 0.5) is 0 Å². The van der Waals surface area contributed by atoms with Crippen molar-refractivity contribution >= 4 is 28.9 Å². The van der Waals surface area contributed by atoms with Crippen LogP contribution in [0.2, 0.25) is 0 Å². The summed E-state index contributed by atoms with van der Waals surface area (Å²) in [7, 11) is 0. The summed E-state index contributed by atoms with van der Waals surface area (Å²) in [4.78, 5) is 0. The molecule has 3 N–H and O–H groups in total. The van der Waals surface area contributed by atoms with Crippen molar-refractivity contribution in [2.24, 2.45) is 10.9 Å². The molecule has 0 fully saturated rings. The summed E-state index contributed by atoms with van der Waals surface area (Å²) in [5.74, 6) is -0.0105. The molecule has 7 nitrogen and oxygen atoms in total. The second-order valence-corrected chi connectivity index (χ2v) is 5.34. The van der Waals surface area contributed by atoms with Crippen LogP contribution in [-0.4, -0.2) is 31.4 Å². The Morgan fingerprint density at radius 3 is 2.94 bits per heavy atom. The van der Waals surface area contributed by atoms with Gasteiger partial charge < -0.3 is 10.9 Å². The van der Waals surface area contributed by atoms with E-state index < -0.39 is 0 Å². The quantitative estimate of drug-likeness (QED) is 0.368. The molecular formula is C8H8N6OS2. The lowest BCUT2D eigenvalue weighted by molar-refractivity contribution is 0.318. The second-order valence-electron chi connectivity index (χ2n) is 2.92. The number of amidine groups is 1. The minimum Gasteiger partial charge on any atom is -0.409 e. The van der Waals surface area contributed by atoms with Gasteiger partial charge in [0, 0.05) is 0 Å². The first-order valence-electron chi connectivity index (χ1n) is 4.48. The minimum absolute atomic E-state index is 0.0105. The van der Waals surface area contributed by atoms with Crippen molar-refractivity contribution in [2.75, 3.05) is 0 Å². The van der Waals surface area contributed by atoms with Crippen LogP contribution in [0.25, 0.3) is 0 Å². The smallest absolute Gasteiger partial charge is 0.180 e. The molecule has 88 valence electrons. The van der Waals surface area contributed by atoms with E-state index in [0.717, 1.165) is 9.35 Å². The summed E-state index contributed by atoms with van der Waals surface area (Å²) >= 11 is 2.72. The zero-order valence-corrected chi connectivity index (χ0v) is 10.4. The van der Waals surface area contributed by atoms with Crippen molar-refractivity contribution in [3.05, 3.63) is 22.8 Å². The minimum atomic E-state index is -0.0105. The molecule has 0 spiro atoms. The lowest BCUT2D eigenvalue weighted by atomic mass is 10.3. The topological polar surface area (TPSA) is 110 Å². The first kappa shape index (κ1) is 11.7. The van der Waals surface area contributed by atoms with Crippen LogP contribution in [0, 0.1) is 6.92 Å². The van der Waals surface area contributed by atoms with Gasteiger partial charge in [0.2, 0.25) is 0 Å². The highest BCUT2D eigenvalue weighted by atomic mass is 32.2. The van der Waals surface area contributed by atoms with E-state index >= 15 is 0 Å². The monoisotopic (exact) mass is 268 g/mol. The summed E-state index contributed by atoms with van der Waals surface area (Å²) < 4.78 is 0.731. The third-order valence-electron chi connectivity index (χ3n) is 1.76. The summed E-state index contributed by atoms with van der Waals surface area (Å²) in [6, 6.07) is 1.62. The Morgan fingerprint density at radius 2 is 2.29 bits per heavy atom. The molecule has 9 heteroatoms. The highest BCUT2D eigenvalue weighted by Crippen LogP contribution is 2.30. The average Bonchev–Trinajstić information content (AvgIpc) is 2.74. The Balaban J connectivity index is 2.32. The number of oxime groups is 1. The molecule has 0 unspecified atom stereocenters. The van der Waals surface area contributed by atoms with Crippen molar-refractivity contribution in [1.29, 1.82) is 0 Å². The summed E-state index contributed by atoms with van der Waals surface area (Å²) in [6.07, 6.45) is 1.47. The Kier molecular flexibility index (Phi) is 3.49. The Labute approximate surface area is 105 Å². The number of hydrogen-bond donors (Lipinski definition) is 2. The van der Waals surface area contributed by atoms with E-state index in [-0.39, 0.29) is 5.84 Å². The molecule has 17 heavy (non-hydrogen) atoms. The van der Waals surface area contributed by atoms with Gasteiger partial charge in [-0.3, -0.25) is 0 Å². The van der Waals surface area contributed by atoms with E-state index in [2.05, 4.69) is 25.6 Å². The van der Waals surface area contributed by atoms with Gasteiger partial charge in [-0.25, -0.2) is 0 Å². The molecule has 2 rings (SSSR count). The van der Waals surface area contributed by atoms with Crippen LogP contribution in [0.5, 0.6) is 0 Å². The van der Waals surface area contributed by atoms with Crippen LogP contribution in [0.3, 0.4) is 0 Å². The molecule has 0 bridgehead atoms. The molecule has 0 saturated carbocycles. The van der Waals surface area contributed by atoms with Crippen LogP contribution < -0.4 is 5.73 Å². The van der Waals surface area contributed by atoms with E-state index in [1.165, 1.54) is 29.3 Å². The molecule has 0 amide bonds. The molecule has 0 saturated heterocycles. The average molecular weight is 268 g/mol. The van der Waals surface area contributed by atoms with Gasteiger partial charge in [0.25, 0.3) is 0 Å². The van der Waals surface area contributed by atoms with Crippen molar-refractivity contribution in [1.82, 2.24) is 20.4 Å². The fraction of sp³-hybridized carbons (Fsp3) is 0.125. The van der Waals surface area contributed by atoms with Crippen molar-refractivity contribution in [2.45, 2.75) is 16.3 Å². The van der Waals surface area contributed by atoms with E-state index in [1.54, 1.807) is 6.07 Å². The first-order valence-corrected chi connectivity index (χ1v) is 6.11. The third-order valence-corrected chi connectivity index (χ3v) is 3.65. The van der Waals surface area contributed by atoms with Gasteiger partial charge in [-0.1, -0.05) is 16.5 Å². The van der Waals surface area contributed by atoms with Gasteiger partial charge in [0.1, 0.15) is 10.0 Å². The molecule has 0 atom stereocenters.